The van der Waals surface area contributed by atoms with E-state index < -0.39 is 30.0 Å². The SMILES string of the molecule is NCCNC(=O)C1CCCN(C(=O)C2CCC(C(F)(F)F)NC2=O)C1. The van der Waals surface area contributed by atoms with Gasteiger partial charge in [-0.1, -0.05) is 0 Å². The predicted molar refractivity (Wildman–Crippen MR) is 82.1 cm³/mol. The number of carbonyl (C=O) groups excluding carboxylic acids is 3. The van der Waals surface area contributed by atoms with Gasteiger partial charge < -0.3 is 21.3 Å². The van der Waals surface area contributed by atoms with Crippen LogP contribution in [0.2, 0.25) is 0 Å². The number of amides is 3. The molecule has 0 aromatic rings. The molecule has 7 nitrogen and oxygen atoms in total. The highest BCUT2D eigenvalue weighted by Crippen LogP contribution is 2.30. The first kappa shape index (κ1) is 19.5. The Bertz CT molecular complexity index is 527. The van der Waals surface area contributed by atoms with E-state index in [-0.39, 0.29) is 31.2 Å². The normalized spacial score (nSPS) is 27.6. The van der Waals surface area contributed by atoms with E-state index in [1.54, 1.807) is 0 Å². The molecule has 25 heavy (non-hydrogen) atoms. The molecule has 2 heterocycles. The molecule has 10 heteroatoms. The summed E-state index contributed by atoms with van der Waals surface area (Å²) in [6, 6.07) is -1.90. The van der Waals surface area contributed by atoms with Crippen molar-refractivity contribution in [2.24, 2.45) is 17.6 Å². The number of alkyl halides is 3. The third-order valence-corrected chi connectivity index (χ3v) is 4.62. The molecule has 3 amide bonds. The fourth-order valence-electron chi connectivity index (χ4n) is 3.24. The second-order valence-corrected chi connectivity index (χ2v) is 6.44. The van der Waals surface area contributed by atoms with E-state index in [4.69, 9.17) is 5.73 Å². The number of nitrogens with two attached hydrogens (primary N) is 1. The molecule has 2 rings (SSSR count). The van der Waals surface area contributed by atoms with Crippen molar-refractivity contribution in [3.63, 3.8) is 0 Å². The van der Waals surface area contributed by atoms with Crippen LogP contribution in [0.1, 0.15) is 25.7 Å². The molecule has 0 aromatic heterocycles. The smallest absolute Gasteiger partial charge is 0.355 e. The number of rotatable bonds is 4. The van der Waals surface area contributed by atoms with Crippen molar-refractivity contribution in [2.75, 3.05) is 26.2 Å². The number of halogens is 3. The van der Waals surface area contributed by atoms with Crippen LogP contribution >= 0.6 is 0 Å². The molecule has 3 atom stereocenters. The Hall–Kier alpha value is -1.84. The molecule has 4 N–H and O–H groups in total. The zero-order chi connectivity index (χ0) is 18.6. The van der Waals surface area contributed by atoms with Crippen molar-refractivity contribution in [3.8, 4) is 0 Å². The third-order valence-electron chi connectivity index (χ3n) is 4.62. The molecule has 0 spiro atoms. The van der Waals surface area contributed by atoms with Crippen LogP contribution in [-0.4, -0.2) is 61.0 Å². The van der Waals surface area contributed by atoms with Crippen molar-refractivity contribution in [1.29, 1.82) is 0 Å². The third kappa shape index (κ3) is 4.83. The highest BCUT2D eigenvalue weighted by Gasteiger charge is 2.47. The monoisotopic (exact) mass is 364 g/mol. The Morgan fingerprint density at radius 1 is 1.28 bits per heavy atom. The minimum absolute atomic E-state index is 0.143. The van der Waals surface area contributed by atoms with Gasteiger partial charge in [0.2, 0.25) is 17.7 Å². The summed E-state index contributed by atoms with van der Waals surface area (Å²) >= 11 is 0. The van der Waals surface area contributed by atoms with E-state index >= 15 is 0 Å². The molecule has 0 aromatic carbocycles. The molecular weight excluding hydrogens is 341 g/mol. The Kier molecular flexibility index (Phi) is 6.26. The molecule has 2 saturated heterocycles. The molecule has 0 radical (unpaired) electrons. The van der Waals surface area contributed by atoms with Crippen LogP contribution in [0.4, 0.5) is 13.2 Å². The summed E-state index contributed by atoms with van der Waals surface area (Å²) in [5.41, 5.74) is 5.33. The standard InChI is InChI=1S/C15H23F3N4O3/c16-15(17,18)11-4-3-10(13(24)21-11)14(25)22-7-1-2-9(8-22)12(23)20-6-5-19/h9-11H,1-8,19H2,(H,20,23)(H,21,24). The van der Waals surface area contributed by atoms with Gasteiger partial charge in [0.15, 0.2) is 0 Å². The summed E-state index contributed by atoms with van der Waals surface area (Å²) < 4.78 is 38.0. The van der Waals surface area contributed by atoms with Gasteiger partial charge in [-0.05, 0) is 25.7 Å². The van der Waals surface area contributed by atoms with Crippen LogP contribution in [0.3, 0.4) is 0 Å². The maximum absolute atomic E-state index is 12.7. The van der Waals surface area contributed by atoms with Crippen molar-refractivity contribution in [2.45, 2.75) is 37.9 Å². The largest absolute Gasteiger partial charge is 0.408 e. The van der Waals surface area contributed by atoms with Gasteiger partial charge in [0.25, 0.3) is 0 Å². The second-order valence-electron chi connectivity index (χ2n) is 6.44. The van der Waals surface area contributed by atoms with Crippen LogP contribution in [0, 0.1) is 11.8 Å². The van der Waals surface area contributed by atoms with Gasteiger partial charge in [0.05, 0.1) is 5.92 Å². The minimum atomic E-state index is -4.51. The summed E-state index contributed by atoms with van der Waals surface area (Å²) in [4.78, 5) is 37.9. The number of nitrogens with one attached hydrogen (secondary N) is 2. The fraction of sp³-hybridized carbons (Fsp3) is 0.800. The second kappa shape index (κ2) is 8.03. The van der Waals surface area contributed by atoms with E-state index in [1.165, 1.54) is 4.90 Å². The molecule has 0 bridgehead atoms. The lowest BCUT2D eigenvalue weighted by Crippen LogP contribution is -2.56. The first-order chi connectivity index (χ1) is 11.7. The molecule has 0 saturated carbocycles. The first-order valence-corrected chi connectivity index (χ1v) is 8.37. The van der Waals surface area contributed by atoms with Gasteiger partial charge >= 0.3 is 6.18 Å². The van der Waals surface area contributed by atoms with Crippen molar-refractivity contribution in [1.82, 2.24) is 15.5 Å². The van der Waals surface area contributed by atoms with Crippen molar-refractivity contribution >= 4 is 17.7 Å². The highest BCUT2D eigenvalue weighted by molar-refractivity contribution is 6.01. The molecule has 2 fully saturated rings. The van der Waals surface area contributed by atoms with Crippen LogP contribution in [0.25, 0.3) is 0 Å². The van der Waals surface area contributed by atoms with Crippen molar-refractivity contribution < 1.29 is 27.6 Å². The Labute approximate surface area is 143 Å². The lowest BCUT2D eigenvalue weighted by molar-refractivity contribution is -0.172. The van der Waals surface area contributed by atoms with Gasteiger partial charge in [-0.25, -0.2) is 0 Å². The number of nitrogens with zero attached hydrogens (tertiary/aromatic N) is 1. The van der Waals surface area contributed by atoms with Crippen LogP contribution in [-0.2, 0) is 14.4 Å². The van der Waals surface area contributed by atoms with E-state index in [2.05, 4.69) is 5.32 Å². The summed E-state index contributed by atoms with van der Waals surface area (Å²) in [5.74, 6) is -3.11. The number of carbonyl (C=O) groups is 3. The molecule has 3 unspecified atom stereocenters. The summed E-state index contributed by atoms with van der Waals surface area (Å²) in [7, 11) is 0. The van der Waals surface area contributed by atoms with Crippen LogP contribution < -0.4 is 16.4 Å². The maximum atomic E-state index is 12.7. The van der Waals surface area contributed by atoms with E-state index in [0.717, 1.165) is 0 Å². The summed E-state index contributed by atoms with van der Waals surface area (Å²) in [6.45, 7) is 1.21. The quantitative estimate of drug-likeness (QED) is 0.599. The number of hydrogen-bond donors (Lipinski definition) is 3. The van der Waals surface area contributed by atoms with E-state index in [0.29, 0.717) is 32.5 Å². The van der Waals surface area contributed by atoms with E-state index in [1.807, 2.05) is 5.32 Å². The Morgan fingerprint density at radius 2 is 2.00 bits per heavy atom. The lowest BCUT2D eigenvalue weighted by Gasteiger charge is -2.36. The van der Waals surface area contributed by atoms with Gasteiger partial charge in [0.1, 0.15) is 12.0 Å². The molecule has 142 valence electrons. The number of piperidine rings is 2. The number of likely N-dealkylation sites (tertiary alicyclic amines) is 1. The van der Waals surface area contributed by atoms with Gasteiger partial charge in [0, 0.05) is 26.2 Å². The maximum Gasteiger partial charge on any atom is 0.408 e. The average molecular weight is 364 g/mol. The topological polar surface area (TPSA) is 105 Å². The van der Waals surface area contributed by atoms with E-state index in [9.17, 15) is 27.6 Å². The van der Waals surface area contributed by atoms with Gasteiger partial charge in [-0.15, -0.1) is 0 Å². The van der Waals surface area contributed by atoms with Crippen LogP contribution in [0.15, 0.2) is 0 Å². The van der Waals surface area contributed by atoms with Crippen molar-refractivity contribution in [3.05, 3.63) is 0 Å². The molecule has 2 aliphatic heterocycles. The summed E-state index contributed by atoms with van der Waals surface area (Å²) in [5, 5.41) is 4.55. The zero-order valence-electron chi connectivity index (χ0n) is 13.8. The molecular formula is C15H23F3N4O3. The zero-order valence-corrected chi connectivity index (χ0v) is 13.8. The highest BCUT2D eigenvalue weighted by atomic mass is 19.4. The van der Waals surface area contributed by atoms with Gasteiger partial charge in [-0.2, -0.15) is 13.2 Å². The fourth-order valence-corrected chi connectivity index (χ4v) is 3.24. The minimum Gasteiger partial charge on any atom is -0.355 e. The molecule has 0 aliphatic carbocycles. The first-order valence-electron chi connectivity index (χ1n) is 8.37. The Balaban J connectivity index is 1.94. The van der Waals surface area contributed by atoms with Crippen LogP contribution in [0.5, 0.6) is 0 Å². The Morgan fingerprint density at radius 3 is 2.60 bits per heavy atom. The predicted octanol–water partition coefficient (Wildman–Crippen LogP) is -0.243. The average Bonchev–Trinajstić information content (AvgIpc) is 2.58. The lowest BCUT2D eigenvalue weighted by atomic mass is 9.90. The summed E-state index contributed by atoms with van der Waals surface area (Å²) in [6.07, 6.45) is -3.75. The van der Waals surface area contributed by atoms with Gasteiger partial charge in [-0.3, -0.25) is 14.4 Å². The molecule has 2 aliphatic rings. The number of hydrogen-bond acceptors (Lipinski definition) is 4.